The average molecular weight is 266 g/mol. The lowest BCUT2D eigenvalue weighted by atomic mass is 10.2. The summed E-state index contributed by atoms with van der Waals surface area (Å²) < 4.78 is 2.93. The van der Waals surface area contributed by atoms with E-state index in [1.165, 1.54) is 0 Å². The largest absolute Gasteiger partial charge is 0.324 e. The Kier molecular flexibility index (Phi) is 2.88. The molecule has 0 spiro atoms. The summed E-state index contributed by atoms with van der Waals surface area (Å²) in [5.74, 6) is 0.876. The Hall–Kier alpha value is -1.13. The molecule has 0 atom stereocenters. The summed E-state index contributed by atoms with van der Waals surface area (Å²) >= 11 is 3.52. The fraction of sp³-hybridized carbons (Fsp3) is 0.182. The Bertz CT molecular complexity index is 462. The van der Waals surface area contributed by atoms with Gasteiger partial charge < -0.3 is 10.3 Å². The Morgan fingerprint density at radius 2 is 2.00 bits per heavy atom. The van der Waals surface area contributed by atoms with Crippen LogP contribution in [0.2, 0.25) is 0 Å². The van der Waals surface area contributed by atoms with E-state index >= 15 is 0 Å². The fourth-order valence-electron chi connectivity index (χ4n) is 1.48. The minimum absolute atomic E-state index is 0.446. The van der Waals surface area contributed by atoms with E-state index in [2.05, 4.69) is 20.9 Å². The number of nitrogens with two attached hydrogens (primary N) is 1. The summed E-state index contributed by atoms with van der Waals surface area (Å²) in [5.41, 5.74) is 7.65. The normalized spacial score (nSPS) is 10.6. The van der Waals surface area contributed by atoms with Gasteiger partial charge in [-0.05, 0) is 15.9 Å². The summed E-state index contributed by atoms with van der Waals surface area (Å²) in [5, 5.41) is 0. The predicted octanol–water partition coefficient (Wildman–Crippen LogP) is 2.31. The van der Waals surface area contributed by atoms with Crippen LogP contribution in [0.15, 0.2) is 34.9 Å². The maximum Gasteiger partial charge on any atom is 0.123 e. The van der Waals surface area contributed by atoms with Crippen molar-refractivity contribution < 1.29 is 0 Å². The minimum atomic E-state index is 0.446. The highest BCUT2D eigenvalue weighted by Crippen LogP contribution is 2.27. The van der Waals surface area contributed by atoms with Crippen molar-refractivity contribution in [3.05, 3.63) is 40.8 Å². The second-order valence-corrected chi connectivity index (χ2v) is 4.05. The van der Waals surface area contributed by atoms with E-state index < -0.39 is 0 Å². The number of benzene rings is 1. The molecule has 0 fully saturated rings. The number of rotatable bonds is 2. The van der Waals surface area contributed by atoms with E-state index in [0.717, 1.165) is 21.7 Å². The van der Waals surface area contributed by atoms with Crippen molar-refractivity contribution in [2.75, 3.05) is 0 Å². The molecule has 0 aliphatic carbocycles. The molecule has 1 heterocycles. The Balaban J connectivity index is 2.55. The first-order valence-corrected chi connectivity index (χ1v) is 5.50. The smallest absolute Gasteiger partial charge is 0.123 e. The van der Waals surface area contributed by atoms with Gasteiger partial charge in [0.1, 0.15) is 16.1 Å². The van der Waals surface area contributed by atoms with Crippen LogP contribution in [0, 0.1) is 0 Å². The van der Waals surface area contributed by atoms with E-state index in [9.17, 15) is 0 Å². The van der Waals surface area contributed by atoms with Gasteiger partial charge in [-0.15, -0.1) is 0 Å². The fourth-order valence-corrected chi connectivity index (χ4v) is 2.01. The van der Waals surface area contributed by atoms with Crippen LogP contribution in [-0.4, -0.2) is 9.55 Å². The molecule has 1 aromatic heterocycles. The summed E-state index contributed by atoms with van der Waals surface area (Å²) in [6.07, 6.45) is 0. The molecule has 0 unspecified atom stereocenters. The van der Waals surface area contributed by atoms with Gasteiger partial charge in [-0.2, -0.15) is 0 Å². The van der Waals surface area contributed by atoms with Crippen molar-refractivity contribution in [2.24, 2.45) is 12.8 Å². The standard InChI is InChI=1S/C11H12BrN3/c1-15-9(7-13)14-10(11(15)12)8-5-3-2-4-6-8/h2-6H,7,13H2,1H3. The number of halogens is 1. The van der Waals surface area contributed by atoms with Crippen LogP contribution in [0.5, 0.6) is 0 Å². The summed E-state index contributed by atoms with van der Waals surface area (Å²) in [6, 6.07) is 10.1. The highest BCUT2D eigenvalue weighted by atomic mass is 79.9. The molecule has 3 nitrogen and oxygen atoms in total. The van der Waals surface area contributed by atoms with Gasteiger partial charge in [0, 0.05) is 12.6 Å². The molecule has 1 aromatic carbocycles. The van der Waals surface area contributed by atoms with Gasteiger partial charge in [0.15, 0.2) is 0 Å². The first kappa shape index (κ1) is 10.4. The van der Waals surface area contributed by atoms with Gasteiger partial charge in [0.05, 0.1) is 6.54 Å². The van der Waals surface area contributed by atoms with Crippen LogP contribution in [0.25, 0.3) is 11.3 Å². The SMILES string of the molecule is Cn1c(CN)nc(-c2ccccc2)c1Br. The third kappa shape index (κ3) is 1.82. The molecule has 0 radical (unpaired) electrons. The summed E-state index contributed by atoms with van der Waals surface area (Å²) in [6.45, 7) is 0.446. The molecule has 0 aliphatic heterocycles. The Morgan fingerprint density at radius 1 is 1.33 bits per heavy atom. The highest BCUT2D eigenvalue weighted by molar-refractivity contribution is 9.10. The van der Waals surface area contributed by atoms with Crippen LogP contribution in [-0.2, 0) is 13.6 Å². The Morgan fingerprint density at radius 3 is 2.53 bits per heavy atom. The average Bonchev–Trinajstić information content (AvgIpc) is 2.57. The van der Waals surface area contributed by atoms with E-state index in [1.54, 1.807) is 0 Å². The highest BCUT2D eigenvalue weighted by Gasteiger charge is 2.12. The third-order valence-electron chi connectivity index (χ3n) is 2.35. The maximum absolute atomic E-state index is 5.61. The van der Waals surface area contributed by atoms with Crippen LogP contribution in [0.4, 0.5) is 0 Å². The molecular formula is C11H12BrN3. The van der Waals surface area contributed by atoms with Crippen molar-refractivity contribution in [1.29, 1.82) is 0 Å². The van der Waals surface area contributed by atoms with Gasteiger partial charge >= 0.3 is 0 Å². The first-order valence-electron chi connectivity index (χ1n) is 4.70. The van der Waals surface area contributed by atoms with Crippen LogP contribution >= 0.6 is 15.9 Å². The molecule has 4 heteroatoms. The molecule has 0 amide bonds. The molecule has 0 saturated carbocycles. The number of nitrogens with zero attached hydrogens (tertiary/aromatic N) is 2. The lowest BCUT2D eigenvalue weighted by Crippen LogP contribution is -2.04. The van der Waals surface area contributed by atoms with Gasteiger partial charge in [0.25, 0.3) is 0 Å². The second kappa shape index (κ2) is 4.16. The van der Waals surface area contributed by atoms with Gasteiger partial charge in [-0.1, -0.05) is 30.3 Å². The van der Waals surface area contributed by atoms with Crippen LogP contribution < -0.4 is 5.73 Å². The van der Waals surface area contributed by atoms with Crippen molar-refractivity contribution in [1.82, 2.24) is 9.55 Å². The van der Waals surface area contributed by atoms with Crippen molar-refractivity contribution >= 4 is 15.9 Å². The zero-order valence-electron chi connectivity index (χ0n) is 8.44. The van der Waals surface area contributed by atoms with Crippen LogP contribution in [0.3, 0.4) is 0 Å². The molecule has 0 bridgehead atoms. The number of imidazole rings is 1. The van der Waals surface area contributed by atoms with E-state index in [1.807, 2.05) is 41.9 Å². The molecule has 15 heavy (non-hydrogen) atoms. The maximum atomic E-state index is 5.61. The zero-order chi connectivity index (χ0) is 10.8. The topological polar surface area (TPSA) is 43.8 Å². The monoisotopic (exact) mass is 265 g/mol. The molecule has 0 aliphatic rings. The second-order valence-electron chi connectivity index (χ2n) is 3.30. The number of aromatic nitrogens is 2. The van der Waals surface area contributed by atoms with Gasteiger partial charge in [-0.3, -0.25) is 0 Å². The zero-order valence-corrected chi connectivity index (χ0v) is 10.0. The van der Waals surface area contributed by atoms with E-state index in [-0.39, 0.29) is 0 Å². The van der Waals surface area contributed by atoms with E-state index in [4.69, 9.17) is 5.73 Å². The van der Waals surface area contributed by atoms with Crippen molar-refractivity contribution in [3.8, 4) is 11.3 Å². The number of hydrogen-bond donors (Lipinski definition) is 1. The Labute approximate surface area is 97.1 Å². The molecular weight excluding hydrogens is 254 g/mol. The molecule has 0 saturated heterocycles. The van der Waals surface area contributed by atoms with E-state index in [0.29, 0.717) is 6.54 Å². The molecule has 2 aromatic rings. The third-order valence-corrected chi connectivity index (χ3v) is 3.26. The summed E-state index contributed by atoms with van der Waals surface area (Å²) in [4.78, 5) is 4.49. The van der Waals surface area contributed by atoms with Gasteiger partial charge in [-0.25, -0.2) is 4.98 Å². The summed E-state index contributed by atoms with van der Waals surface area (Å²) in [7, 11) is 1.95. The lowest BCUT2D eigenvalue weighted by molar-refractivity contribution is 0.781. The van der Waals surface area contributed by atoms with Crippen molar-refractivity contribution in [3.63, 3.8) is 0 Å². The number of hydrogen-bond acceptors (Lipinski definition) is 2. The lowest BCUT2D eigenvalue weighted by Gasteiger charge is -1.98. The van der Waals surface area contributed by atoms with Crippen molar-refractivity contribution in [2.45, 2.75) is 6.54 Å². The predicted molar refractivity (Wildman–Crippen MR) is 64.2 cm³/mol. The molecule has 2 N–H and O–H groups in total. The molecule has 2 rings (SSSR count). The van der Waals surface area contributed by atoms with Crippen LogP contribution in [0.1, 0.15) is 5.82 Å². The quantitative estimate of drug-likeness (QED) is 0.906. The minimum Gasteiger partial charge on any atom is -0.324 e. The van der Waals surface area contributed by atoms with Gasteiger partial charge in [0.2, 0.25) is 0 Å². The molecule has 78 valence electrons. The first-order chi connectivity index (χ1) is 7.24.